The lowest BCUT2D eigenvalue weighted by Gasteiger charge is -2.18. The van der Waals surface area contributed by atoms with Crippen LogP contribution >= 0.6 is 12.4 Å². The van der Waals surface area contributed by atoms with Crippen LogP contribution in [0.4, 0.5) is 5.69 Å². The Hall–Kier alpha value is -2.79. The van der Waals surface area contributed by atoms with Crippen molar-refractivity contribution in [2.24, 2.45) is 0 Å². The molecule has 0 spiro atoms. The van der Waals surface area contributed by atoms with Crippen molar-refractivity contribution >= 4 is 24.0 Å². The Bertz CT molecular complexity index is 879. The number of anilines is 1. The number of hydrogen-bond donors (Lipinski definition) is 2. The maximum absolute atomic E-state index is 12.4. The van der Waals surface area contributed by atoms with Gasteiger partial charge in [-0.25, -0.2) is 0 Å². The van der Waals surface area contributed by atoms with Crippen molar-refractivity contribution in [1.29, 1.82) is 0 Å². The van der Waals surface area contributed by atoms with Gasteiger partial charge in [0, 0.05) is 30.5 Å². The number of benzene rings is 2. The Balaban J connectivity index is 0.00000280. The van der Waals surface area contributed by atoms with Crippen LogP contribution in [-0.2, 0) is 6.42 Å². The van der Waals surface area contributed by atoms with Crippen LogP contribution in [0.2, 0.25) is 0 Å². The number of nitrogen functional groups attached to an aromatic ring is 1. The number of hydrogen-bond acceptors (Lipinski definition) is 3. The highest BCUT2D eigenvalue weighted by molar-refractivity contribution is 5.98. The van der Waals surface area contributed by atoms with Crippen molar-refractivity contribution < 1.29 is 4.79 Å². The van der Waals surface area contributed by atoms with Crippen LogP contribution in [0.3, 0.4) is 0 Å². The van der Waals surface area contributed by atoms with Crippen LogP contribution < -0.4 is 5.73 Å². The minimum atomic E-state index is -0.0193. The highest BCUT2D eigenvalue weighted by Crippen LogP contribution is 2.18. The second-order valence-corrected chi connectivity index (χ2v) is 6.77. The molecule has 1 aromatic heterocycles. The summed E-state index contributed by atoms with van der Waals surface area (Å²) in [6, 6.07) is 19.5. The molecule has 0 fully saturated rings. The van der Waals surface area contributed by atoms with Gasteiger partial charge in [-0.1, -0.05) is 48.9 Å². The topological polar surface area (TPSA) is 75.0 Å². The summed E-state index contributed by atoms with van der Waals surface area (Å²) < 4.78 is 0. The summed E-state index contributed by atoms with van der Waals surface area (Å²) in [6.45, 7) is 0.728. The summed E-state index contributed by atoms with van der Waals surface area (Å²) in [5, 5.41) is 7.51. The fourth-order valence-electron chi connectivity index (χ4n) is 3.09. The summed E-state index contributed by atoms with van der Waals surface area (Å²) >= 11 is 0. The quantitative estimate of drug-likeness (QED) is 0.431. The first-order chi connectivity index (χ1) is 13.1. The molecule has 1 amide bonds. The fraction of sp³-hybridized carbons (Fsp3) is 0.273. The van der Waals surface area contributed by atoms with Crippen molar-refractivity contribution in [2.75, 3.05) is 19.3 Å². The zero-order valence-electron chi connectivity index (χ0n) is 16.1. The second kappa shape index (κ2) is 10.5. The summed E-state index contributed by atoms with van der Waals surface area (Å²) in [6.07, 6.45) is 4.05. The first kappa shape index (κ1) is 21.5. The van der Waals surface area contributed by atoms with Gasteiger partial charge in [-0.2, -0.15) is 5.10 Å². The van der Waals surface area contributed by atoms with Crippen LogP contribution in [0.5, 0.6) is 0 Å². The SMILES string of the molecule is CN(CCCCCc1cc(-c2ccccc2)n[nH]1)C(=O)c1ccccc1N.Cl. The van der Waals surface area contributed by atoms with E-state index < -0.39 is 0 Å². The average Bonchev–Trinajstić information content (AvgIpc) is 3.17. The van der Waals surface area contributed by atoms with Gasteiger partial charge < -0.3 is 10.6 Å². The smallest absolute Gasteiger partial charge is 0.255 e. The Morgan fingerprint density at radius 1 is 1.04 bits per heavy atom. The van der Waals surface area contributed by atoms with Crippen LogP contribution in [0, 0.1) is 0 Å². The zero-order chi connectivity index (χ0) is 19.1. The van der Waals surface area contributed by atoms with Crippen molar-refractivity contribution in [3.63, 3.8) is 0 Å². The summed E-state index contributed by atoms with van der Waals surface area (Å²) in [7, 11) is 1.83. The van der Waals surface area contributed by atoms with E-state index in [0.717, 1.165) is 49.2 Å². The van der Waals surface area contributed by atoms with Gasteiger partial charge in [-0.3, -0.25) is 9.89 Å². The highest BCUT2D eigenvalue weighted by Gasteiger charge is 2.13. The third kappa shape index (κ3) is 5.60. The number of H-pyrrole nitrogens is 1. The number of nitrogens with one attached hydrogen (secondary N) is 1. The zero-order valence-corrected chi connectivity index (χ0v) is 16.9. The first-order valence-corrected chi connectivity index (χ1v) is 9.35. The van der Waals surface area contributed by atoms with Crippen LogP contribution in [-0.4, -0.2) is 34.6 Å². The number of rotatable bonds is 8. The number of aromatic nitrogens is 2. The lowest BCUT2D eigenvalue weighted by molar-refractivity contribution is 0.0793. The van der Waals surface area contributed by atoms with E-state index in [9.17, 15) is 4.79 Å². The predicted octanol–water partition coefficient (Wildman–Crippen LogP) is 4.57. The number of nitrogens with zero attached hydrogens (tertiary/aromatic N) is 2. The molecule has 0 bridgehead atoms. The number of carbonyl (C=O) groups is 1. The molecule has 2 aromatic carbocycles. The number of carbonyl (C=O) groups excluding carboxylic acids is 1. The number of para-hydroxylation sites is 1. The molecule has 0 saturated heterocycles. The molecule has 5 nitrogen and oxygen atoms in total. The van der Waals surface area contributed by atoms with E-state index in [1.54, 1.807) is 17.0 Å². The van der Waals surface area contributed by atoms with Crippen molar-refractivity contribution in [3.8, 4) is 11.3 Å². The number of aromatic amines is 1. The van der Waals surface area contributed by atoms with Crippen molar-refractivity contribution in [2.45, 2.75) is 25.7 Å². The highest BCUT2D eigenvalue weighted by atomic mass is 35.5. The van der Waals surface area contributed by atoms with Gasteiger partial charge in [-0.05, 0) is 37.5 Å². The third-order valence-corrected chi connectivity index (χ3v) is 4.68. The molecule has 3 N–H and O–H groups in total. The van der Waals surface area contributed by atoms with Gasteiger partial charge in [0.15, 0.2) is 0 Å². The molecular formula is C22H27ClN4O. The van der Waals surface area contributed by atoms with E-state index in [2.05, 4.69) is 28.4 Å². The predicted molar refractivity (Wildman–Crippen MR) is 117 cm³/mol. The van der Waals surface area contributed by atoms with Gasteiger partial charge >= 0.3 is 0 Å². The maximum atomic E-state index is 12.4. The molecule has 1 heterocycles. The third-order valence-electron chi connectivity index (χ3n) is 4.68. The molecular weight excluding hydrogens is 372 g/mol. The van der Waals surface area contributed by atoms with Crippen molar-refractivity contribution in [3.05, 3.63) is 71.9 Å². The minimum Gasteiger partial charge on any atom is -0.398 e. The summed E-state index contributed by atoms with van der Waals surface area (Å²) in [4.78, 5) is 14.2. The van der Waals surface area contributed by atoms with Gasteiger partial charge in [-0.15, -0.1) is 12.4 Å². The number of unbranched alkanes of at least 4 members (excludes halogenated alkanes) is 2. The molecule has 148 valence electrons. The maximum Gasteiger partial charge on any atom is 0.255 e. The Labute approximate surface area is 172 Å². The molecule has 0 radical (unpaired) electrons. The molecule has 28 heavy (non-hydrogen) atoms. The summed E-state index contributed by atoms with van der Waals surface area (Å²) in [5.41, 5.74) is 10.2. The molecule has 0 saturated carbocycles. The lowest BCUT2D eigenvalue weighted by atomic mass is 10.1. The van der Waals surface area contributed by atoms with Crippen LogP contribution in [0.25, 0.3) is 11.3 Å². The Morgan fingerprint density at radius 2 is 1.75 bits per heavy atom. The Morgan fingerprint density at radius 3 is 2.50 bits per heavy atom. The standard InChI is InChI=1S/C22H26N4O.ClH/c1-26(22(27)19-13-7-8-14-20(19)23)15-9-3-6-12-18-16-21(25-24-18)17-10-4-2-5-11-17;/h2,4-5,7-8,10-11,13-14,16H,3,6,9,12,15,23H2,1H3,(H,24,25);1H. The van der Waals surface area contributed by atoms with Gasteiger partial charge in [0.25, 0.3) is 5.91 Å². The molecule has 0 aliphatic rings. The normalized spacial score (nSPS) is 10.3. The van der Waals surface area contributed by atoms with E-state index in [4.69, 9.17) is 5.73 Å². The van der Waals surface area contributed by atoms with E-state index in [0.29, 0.717) is 11.3 Å². The molecule has 3 rings (SSSR count). The molecule has 0 unspecified atom stereocenters. The molecule has 6 heteroatoms. The average molecular weight is 399 g/mol. The van der Waals surface area contributed by atoms with Gasteiger partial charge in [0.2, 0.25) is 0 Å². The van der Waals surface area contributed by atoms with Gasteiger partial charge in [0.05, 0.1) is 11.3 Å². The number of halogens is 1. The number of nitrogens with two attached hydrogens (primary N) is 1. The van der Waals surface area contributed by atoms with Crippen molar-refractivity contribution in [1.82, 2.24) is 15.1 Å². The van der Waals surface area contributed by atoms with E-state index in [-0.39, 0.29) is 18.3 Å². The molecule has 0 aliphatic heterocycles. The first-order valence-electron chi connectivity index (χ1n) is 9.35. The minimum absolute atomic E-state index is 0. The van der Waals surface area contributed by atoms with E-state index in [1.807, 2.05) is 37.4 Å². The number of aryl methyl sites for hydroxylation is 1. The monoisotopic (exact) mass is 398 g/mol. The fourth-order valence-corrected chi connectivity index (χ4v) is 3.09. The molecule has 0 atom stereocenters. The Kier molecular flexibility index (Phi) is 8.08. The van der Waals surface area contributed by atoms with Crippen LogP contribution in [0.15, 0.2) is 60.7 Å². The number of amides is 1. The largest absolute Gasteiger partial charge is 0.398 e. The second-order valence-electron chi connectivity index (χ2n) is 6.77. The lowest BCUT2D eigenvalue weighted by Crippen LogP contribution is -2.28. The summed E-state index contributed by atoms with van der Waals surface area (Å²) in [5.74, 6) is -0.0193. The van der Waals surface area contributed by atoms with E-state index in [1.165, 1.54) is 0 Å². The van der Waals surface area contributed by atoms with Crippen LogP contribution in [0.1, 0.15) is 35.3 Å². The molecule has 3 aromatic rings. The van der Waals surface area contributed by atoms with Gasteiger partial charge in [0.1, 0.15) is 0 Å². The molecule has 0 aliphatic carbocycles. The van der Waals surface area contributed by atoms with E-state index >= 15 is 0 Å².